The van der Waals surface area contributed by atoms with E-state index in [4.69, 9.17) is 9.47 Å². The van der Waals surface area contributed by atoms with Crippen LogP contribution in [-0.4, -0.2) is 32.2 Å². The standard InChI is InChI=1S/C18H26N4O2S/c1-6-14-10-20-17(25-14)11-21-18(19-3)22-12(2)15-9-13(23-4)7-8-16(15)24-5/h7-10,12H,6,11H2,1-5H3,(H2,19,21,22). The van der Waals surface area contributed by atoms with Crippen LogP contribution in [0.3, 0.4) is 0 Å². The Morgan fingerprint density at radius 2 is 2.12 bits per heavy atom. The van der Waals surface area contributed by atoms with E-state index >= 15 is 0 Å². The first-order valence-electron chi connectivity index (χ1n) is 8.23. The molecule has 2 aromatic rings. The van der Waals surface area contributed by atoms with Gasteiger partial charge in [0.2, 0.25) is 0 Å². The maximum atomic E-state index is 5.46. The average Bonchev–Trinajstić information content (AvgIpc) is 3.12. The highest BCUT2D eigenvalue weighted by atomic mass is 32.1. The molecule has 6 nitrogen and oxygen atoms in total. The SMILES string of the molecule is CCc1cnc(CNC(=NC)NC(C)c2cc(OC)ccc2OC)s1. The highest BCUT2D eigenvalue weighted by Crippen LogP contribution is 2.29. The first-order chi connectivity index (χ1) is 12.1. The summed E-state index contributed by atoms with van der Waals surface area (Å²) in [6, 6.07) is 5.76. The Labute approximate surface area is 153 Å². The number of nitrogens with one attached hydrogen (secondary N) is 2. The minimum absolute atomic E-state index is 0.00116. The van der Waals surface area contributed by atoms with Crippen LogP contribution in [0.2, 0.25) is 0 Å². The predicted octanol–water partition coefficient (Wildman–Crippen LogP) is 3.15. The second-order valence-electron chi connectivity index (χ2n) is 5.47. The minimum Gasteiger partial charge on any atom is -0.497 e. The summed E-state index contributed by atoms with van der Waals surface area (Å²) in [7, 11) is 5.08. The molecule has 0 radical (unpaired) electrons. The number of aryl methyl sites for hydroxylation is 1. The maximum absolute atomic E-state index is 5.46. The molecule has 1 atom stereocenters. The van der Waals surface area contributed by atoms with E-state index in [2.05, 4.69) is 34.5 Å². The van der Waals surface area contributed by atoms with E-state index in [0.717, 1.165) is 28.5 Å². The number of aromatic nitrogens is 1. The summed E-state index contributed by atoms with van der Waals surface area (Å²) in [5, 5.41) is 7.73. The number of ether oxygens (including phenoxy) is 2. The van der Waals surface area contributed by atoms with E-state index in [1.807, 2.05) is 24.4 Å². The monoisotopic (exact) mass is 362 g/mol. The Hall–Kier alpha value is -2.28. The fourth-order valence-electron chi connectivity index (χ4n) is 2.41. The van der Waals surface area contributed by atoms with Gasteiger partial charge in [0.1, 0.15) is 16.5 Å². The molecule has 1 aromatic heterocycles. The van der Waals surface area contributed by atoms with Gasteiger partial charge in [-0.2, -0.15) is 0 Å². The quantitative estimate of drug-likeness (QED) is 0.585. The lowest BCUT2D eigenvalue weighted by Crippen LogP contribution is -2.38. The van der Waals surface area contributed by atoms with E-state index in [1.54, 1.807) is 32.6 Å². The van der Waals surface area contributed by atoms with Gasteiger partial charge in [0.25, 0.3) is 0 Å². The zero-order valence-electron chi connectivity index (χ0n) is 15.4. The van der Waals surface area contributed by atoms with Gasteiger partial charge in [0.15, 0.2) is 5.96 Å². The van der Waals surface area contributed by atoms with Crippen LogP contribution in [0, 0.1) is 0 Å². The number of benzene rings is 1. The van der Waals surface area contributed by atoms with Crippen molar-refractivity contribution in [2.24, 2.45) is 4.99 Å². The van der Waals surface area contributed by atoms with E-state index < -0.39 is 0 Å². The van der Waals surface area contributed by atoms with Gasteiger partial charge in [0, 0.05) is 23.7 Å². The molecule has 1 heterocycles. The van der Waals surface area contributed by atoms with E-state index in [1.165, 1.54) is 4.88 Å². The molecule has 1 unspecified atom stereocenters. The van der Waals surface area contributed by atoms with Gasteiger partial charge in [-0.15, -0.1) is 11.3 Å². The fraction of sp³-hybridized carbons (Fsp3) is 0.444. The lowest BCUT2D eigenvalue weighted by atomic mass is 10.1. The highest BCUT2D eigenvalue weighted by molar-refractivity contribution is 7.11. The summed E-state index contributed by atoms with van der Waals surface area (Å²) in [6.45, 7) is 4.84. The number of rotatable bonds is 7. The maximum Gasteiger partial charge on any atom is 0.191 e. The lowest BCUT2D eigenvalue weighted by Gasteiger charge is -2.20. The van der Waals surface area contributed by atoms with E-state index in [0.29, 0.717) is 12.5 Å². The van der Waals surface area contributed by atoms with Crippen LogP contribution in [0.1, 0.15) is 35.3 Å². The summed E-state index contributed by atoms with van der Waals surface area (Å²) in [4.78, 5) is 10.00. The van der Waals surface area contributed by atoms with Gasteiger partial charge in [-0.3, -0.25) is 4.99 Å². The van der Waals surface area contributed by atoms with Gasteiger partial charge in [-0.05, 0) is 31.5 Å². The molecule has 0 saturated heterocycles. The normalized spacial score (nSPS) is 12.6. The van der Waals surface area contributed by atoms with Gasteiger partial charge < -0.3 is 20.1 Å². The number of hydrogen-bond donors (Lipinski definition) is 2. The van der Waals surface area contributed by atoms with Crippen molar-refractivity contribution in [1.29, 1.82) is 0 Å². The third-order valence-electron chi connectivity index (χ3n) is 3.84. The number of guanidine groups is 1. The summed E-state index contributed by atoms with van der Waals surface area (Å²) in [5.74, 6) is 2.32. The zero-order valence-corrected chi connectivity index (χ0v) is 16.2. The van der Waals surface area contributed by atoms with Crippen LogP contribution in [0.5, 0.6) is 11.5 Å². The molecule has 7 heteroatoms. The molecule has 0 aliphatic carbocycles. The molecular formula is C18H26N4O2S. The van der Waals surface area contributed by atoms with Gasteiger partial charge >= 0.3 is 0 Å². The first kappa shape index (κ1) is 19.1. The van der Waals surface area contributed by atoms with Crippen LogP contribution in [0.15, 0.2) is 29.4 Å². The third-order valence-corrected chi connectivity index (χ3v) is 4.98. The van der Waals surface area contributed by atoms with Crippen LogP contribution < -0.4 is 20.1 Å². The summed E-state index contributed by atoms with van der Waals surface area (Å²) < 4.78 is 10.8. The summed E-state index contributed by atoms with van der Waals surface area (Å²) >= 11 is 1.72. The van der Waals surface area contributed by atoms with Gasteiger partial charge in [-0.25, -0.2) is 4.98 Å². The second-order valence-corrected chi connectivity index (χ2v) is 6.67. The van der Waals surface area contributed by atoms with Gasteiger partial charge in [0.05, 0.1) is 26.8 Å². The van der Waals surface area contributed by atoms with Crippen LogP contribution in [0.4, 0.5) is 0 Å². The minimum atomic E-state index is -0.00116. The molecule has 0 fully saturated rings. The molecule has 1 aromatic carbocycles. The first-order valence-corrected chi connectivity index (χ1v) is 9.05. The summed E-state index contributed by atoms with van der Waals surface area (Å²) in [5.41, 5.74) is 1.01. The predicted molar refractivity (Wildman–Crippen MR) is 103 cm³/mol. The van der Waals surface area contributed by atoms with Crippen LogP contribution in [-0.2, 0) is 13.0 Å². The molecule has 136 valence electrons. The summed E-state index contributed by atoms with van der Waals surface area (Å²) in [6.07, 6.45) is 2.94. The lowest BCUT2D eigenvalue weighted by molar-refractivity contribution is 0.394. The molecule has 2 rings (SSSR count). The van der Waals surface area contributed by atoms with E-state index in [-0.39, 0.29) is 6.04 Å². The van der Waals surface area contributed by atoms with Crippen LogP contribution >= 0.6 is 11.3 Å². The molecule has 0 saturated carbocycles. The zero-order chi connectivity index (χ0) is 18.2. The number of methoxy groups -OCH3 is 2. The Morgan fingerprint density at radius 3 is 2.72 bits per heavy atom. The fourth-order valence-corrected chi connectivity index (χ4v) is 3.21. The number of aliphatic imine (C=N–C) groups is 1. The molecular weight excluding hydrogens is 336 g/mol. The largest absolute Gasteiger partial charge is 0.497 e. The Kier molecular flexibility index (Phi) is 7.06. The molecule has 2 N–H and O–H groups in total. The van der Waals surface area contributed by atoms with E-state index in [9.17, 15) is 0 Å². The van der Waals surface area contributed by atoms with Crippen molar-refractivity contribution < 1.29 is 9.47 Å². The number of hydrogen-bond acceptors (Lipinski definition) is 5. The molecule has 0 spiro atoms. The topological polar surface area (TPSA) is 67.8 Å². The Morgan fingerprint density at radius 1 is 1.32 bits per heavy atom. The van der Waals surface area contributed by atoms with Crippen molar-refractivity contribution in [2.45, 2.75) is 32.9 Å². The van der Waals surface area contributed by atoms with Crippen molar-refractivity contribution in [2.75, 3.05) is 21.3 Å². The molecule has 0 bridgehead atoms. The van der Waals surface area contributed by atoms with Gasteiger partial charge in [-0.1, -0.05) is 6.92 Å². The van der Waals surface area contributed by atoms with Crippen molar-refractivity contribution in [3.8, 4) is 11.5 Å². The molecule has 0 aliphatic heterocycles. The molecule has 25 heavy (non-hydrogen) atoms. The van der Waals surface area contributed by atoms with Crippen molar-refractivity contribution in [3.63, 3.8) is 0 Å². The average molecular weight is 362 g/mol. The number of thiazole rings is 1. The highest BCUT2D eigenvalue weighted by Gasteiger charge is 2.14. The van der Waals surface area contributed by atoms with Crippen molar-refractivity contribution >= 4 is 17.3 Å². The van der Waals surface area contributed by atoms with Crippen LogP contribution in [0.25, 0.3) is 0 Å². The molecule has 0 amide bonds. The molecule has 0 aliphatic rings. The third kappa shape index (κ3) is 5.09. The van der Waals surface area contributed by atoms with Crippen molar-refractivity contribution in [3.05, 3.63) is 39.8 Å². The second kappa shape index (κ2) is 9.27. The Bertz CT molecular complexity index is 715. The van der Waals surface area contributed by atoms with Crippen molar-refractivity contribution in [1.82, 2.24) is 15.6 Å². The smallest absolute Gasteiger partial charge is 0.191 e. The Balaban J connectivity index is 2.03. The number of nitrogens with zero attached hydrogens (tertiary/aromatic N) is 2.